The molecule has 1 unspecified atom stereocenters. The Morgan fingerprint density at radius 1 is 1.30 bits per heavy atom. The second-order valence-electron chi connectivity index (χ2n) is 8.98. The van der Waals surface area contributed by atoms with Crippen molar-refractivity contribution in [3.05, 3.63) is 29.8 Å². The summed E-state index contributed by atoms with van der Waals surface area (Å²) in [6.45, 7) is 8.80. The third kappa shape index (κ3) is 4.12. The van der Waals surface area contributed by atoms with Gasteiger partial charge in [-0.15, -0.1) is 0 Å². The zero-order valence-electron chi connectivity index (χ0n) is 16.9. The van der Waals surface area contributed by atoms with E-state index >= 15 is 0 Å². The lowest BCUT2D eigenvalue weighted by molar-refractivity contribution is -0.133. The van der Waals surface area contributed by atoms with Crippen LogP contribution in [0.25, 0.3) is 0 Å². The van der Waals surface area contributed by atoms with Crippen LogP contribution in [0, 0.1) is 5.92 Å². The summed E-state index contributed by atoms with van der Waals surface area (Å²) in [7, 11) is 0. The molecule has 148 valence electrons. The maximum atomic E-state index is 13.1. The Hall–Kier alpha value is -2.04. The molecule has 0 aromatic heterocycles. The lowest BCUT2D eigenvalue weighted by Gasteiger charge is -2.51. The average Bonchev–Trinajstić information content (AvgIpc) is 2.60. The van der Waals surface area contributed by atoms with Gasteiger partial charge < -0.3 is 15.4 Å². The molecule has 1 aliphatic heterocycles. The minimum atomic E-state index is -0.650. The first-order valence-electron chi connectivity index (χ1n) is 10.1. The molecule has 1 heterocycles. The van der Waals surface area contributed by atoms with Crippen LogP contribution in [0.3, 0.4) is 0 Å². The Morgan fingerprint density at radius 3 is 2.52 bits per heavy atom. The fourth-order valence-corrected chi connectivity index (χ4v) is 3.92. The van der Waals surface area contributed by atoms with Crippen molar-refractivity contribution in [2.75, 3.05) is 6.61 Å². The Balaban J connectivity index is 1.67. The highest BCUT2D eigenvalue weighted by molar-refractivity contribution is 5.88. The SMILES string of the molecule is CC(C)COc1ccc(C(C)(C)C(=O)NC2CCC(=O)NC23CCC3)cc1. The summed E-state index contributed by atoms with van der Waals surface area (Å²) in [6.07, 6.45) is 4.20. The van der Waals surface area contributed by atoms with Crippen molar-refractivity contribution in [1.82, 2.24) is 10.6 Å². The largest absolute Gasteiger partial charge is 0.493 e. The number of hydrogen-bond acceptors (Lipinski definition) is 3. The normalized spacial score (nSPS) is 21.5. The van der Waals surface area contributed by atoms with Gasteiger partial charge in [0.2, 0.25) is 11.8 Å². The number of nitrogens with one attached hydrogen (secondary N) is 2. The molecule has 2 aliphatic rings. The first-order chi connectivity index (χ1) is 12.7. The summed E-state index contributed by atoms with van der Waals surface area (Å²) >= 11 is 0. The first-order valence-corrected chi connectivity index (χ1v) is 10.1. The maximum Gasteiger partial charge on any atom is 0.230 e. The number of piperidine rings is 1. The molecule has 1 saturated heterocycles. The zero-order valence-corrected chi connectivity index (χ0v) is 16.9. The first kappa shape index (κ1) is 19.7. The Kier molecular flexibility index (Phi) is 5.50. The van der Waals surface area contributed by atoms with Crippen LogP contribution < -0.4 is 15.4 Å². The topological polar surface area (TPSA) is 67.4 Å². The van der Waals surface area contributed by atoms with Crippen LogP contribution in [0.1, 0.15) is 65.4 Å². The Bertz CT molecular complexity index is 690. The number of rotatable bonds is 6. The highest BCUT2D eigenvalue weighted by atomic mass is 16.5. The molecule has 2 N–H and O–H groups in total. The highest BCUT2D eigenvalue weighted by Crippen LogP contribution is 2.39. The molecule has 27 heavy (non-hydrogen) atoms. The summed E-state index contributed by atoms with van der Waals surface area (Å²) in [4.78, 5) is 24.9. The minimum Gasteiger partial charge on any atom is -0.493 e. The Labute approximate surface area is 162 Å². The highest BCUT2D eigenvalue weighted by Gasteiger charge is 2.49. The molecule has 1 aromatic carbocycles. The third-order valence-corrected chi connectivity index (χ3v) is 5.99. The van der Waals surface area contributed by atoms with Crippen LogP contribution in [-0.4, -0.2) is 30.0 Å². The van der Waals surface area contributed by atoms with Gasteiger partial charge in [-0.25, -0.2) is 0 Å². The van der Waals surface area contributed by atoms with Crippen molar-refractivity contribution in [3.63, 3.8) is 0 Å². The smallest absolute Gasteiger partial charge is 0.230 e. The van der Waals surface area contributed by atoms with Gasteiger partial charge in [-0.2, -0.15) is 0 Å². The van der Waals surface area contributed by atoms with E-state index in [4.69, 9.17) is 4.74 Å². The van der Waals surface area contributed by atoms with E-state index in [2.05, 4.69) is 24.5 Å². The predicted molar refractivity (Wildman–Crippen MR) is 106 cm³/mol. The molecule has 1 atom stereocenters. The molecule has 5 heteroatoms. The van der Waals surface area contributed by atoms with Crippen LogP contribution >= 0.6 is 0 Å². The quantitative estimate of drug-likeness (QED) is 0.805. The molecule has 1 saturated carbocycles. The van der Waals surface area contributed by atoms with Gasteiger partial charge in [0.15, 0.2) is 0 Å². The van der Waals surface area contributed by atoms with Crippen LogP contribution in [0.15, 0.2) is 24.3 Å². The average molecular weight is 373 g/mol. The van der Waals surface area contributed by atoms with Crippen molar-refractivity contribution in [2.24, 2.45) is 5.92 Å². The van der Waals surface area contributed by atoms with E-state index < -0.39 is 5.41 Å². The van der Waals surface area contributed by atoms with Gasteiger partial charge in [0, 0.05) is 6.42 Å². The van der Waals surface area contributed by atoms with Crippen LogP contribution in [0.4, 0.5) is 0 Å². The predicted octanol–water partition coefficient (Wildman–Crippen LogP) is 3.32. The van der Waals surface area contributed by atoms with E-state index in [1.54, 1.807) is 0 Å². The summed E-state index contributed by atoms with van der Waals surface area (Å²) in [5, 5.41) is 6.38. The zero-order chi connectivity index (χ0) is 19.7. The van der Waals surface area contributed by atoms with Gasteiger partial charge in [0.25, 0.3) is 0 Å². The fraction of sp³-hybridized carbons (Fsp3) is 0.636. The van der Waals surface area contributed by atoms with E-state index in [-0.39, 0.29) is 23.4 Å². The van der Waals surface area contributed by atoms with E-state index in [9.17, 15) is 9.59 Å². The lowest BCUT2D eigenvalue weighted by Crippen LogP contribution is -2.69. The van der Waals surface area contributed by atoms with E-state index in [0.29, 0.717) is 18.9 Å². The van der Waals surface area contributed by atoms with Gasteiger partial charge in [-0.1, -0.05) is 26.0 Å². The summed E-state index contributed by atoms with van der Waals surface area (Å²) in [5.41, 5.74) is 0.0814. The van der Waals surface area contributed by atoms with E-state index in [1.165, 1.54) is 0 Å². The molecule has 5 nitrogen and oxygen atoms in total. The lowest BCUT2D eigenvalue weighted by atomic mass is 9.68. The van der Waals surface area contributed by atoms with Crippen LogP contribution in [0.2, 0.25) is 0 Å². The number of ether oxygens (including phenoxy) is 1. The number of carbonyl (C=O) groups excluding carboxylic acids is 2. The Morgan fingerprint density at radius 2 is 1.96 bits per heavy atom. The second-order valence-corrected chi connectivity index (χ2v) is 8.98. The molecule has 1 spiro atoms. The fourth-order valence-electron chi connectivity index (χ4n) is 3.92. The van der Waals surface area contributed by atoms with Crippen molar-refractivity contribution in [2.45, 2.75) is 76.8 Å². The molecular formula is C22H32N2O3. The van der Waals surface area contributed by atoms with Crippen molar-refractivity contribution in [3.8, 4) is 5.75 Å². The molecular weight excluding hydrogens is 340 g/mol. The number of amides is 2. The van der Waals surface area contributed by atoms with Gasteiger partial charge in [0.05, 0.1) is 23.6 Å². The van der Waals surface area contributed by atoms with Crippen molar-refractivity contribution in [1.29, 1.82) is 0 Å². The van der Waals surface area contributed by atoms with E-state index in [1.807, 2.05) is 38.1 Å². The standard InChI is InChI=1S/C22H32N2O3/c1-15(2)14-27-17-8-6-16(7-9-17)21(3,4)20(26)23-18-10-11-19(25)24-22(18)12-5-13-22/h6-9,15,18H,5,10-14H2,1-4H3,(H,23,26)(H,24,25). The van der Waals surface area contributed by atoms with Gasteiger partial charge in [-0.05, 0) is 63.1 Å². The third-order valence-electron chi connectivity index (χ3n) is 5.99. The monoisotopic (exact) mass is 372 g/mol. The molecule has 2 fully saturated rings. The maximum absolute atomic E-state index is 13.1. The number of carbonyl (C=O) groups is 2. The number of benzene rings is 1. The minimum absolute atomic E-state index is 0.00535. The number of hydrogen-bond donors (Lipinski definition) is 2. The molecule has 2 amide bonds. The van der Waals surface area contributed by atoms with Crippen LogP contribution in [0.5, 0.6) is 5.75 Å². The molecule has 0 radical (unpaired) electrons. The molecule has 0 bridgehead atoms. The second kappa shape index (κ2) is 7.53. The molecule has 1 aromatic rings. The summed E-state index contributed by atoms with van der Waals surface area (Å²) in [6, 6.07) is 7.82. The molecule has 1 aliphatic carbocycles. The van der Waals surface area contributed by atoms with Gasteiger partial charge in [0.1, 0.15) is 5.75 Å². The van der Waals surface area contributed by atoms with E-state index in [0.717, 1.165) is 37.0 Å². The van der Waals surface area contributed by atoms with Gasteiger partial charge in [-0.3, -0.25) is 9.59 Å². The summed E-state index contributed by atoms with van der Waals surface area (Å²) < 4.78 is 5.74. The van der Waals surface area contributed by atoms with Gasteiger partial charge >= 0.3 is 0 Å². The van der Waals surface area contributed by atoms with Crippen molar-refractivity contribution >= 4 is 11.8 Å². The van der Waals surface area contributed by atoms with Crippen molar-refractivity contribution < 1.29 is 14.3 Å². The summed E-state index contributed by atoms with van der Waals surface area (Å²) in [5.74, 6) is 1.41. The molecule has 3 rings (SSSR count). The van der Waals surface area contributed by atoms with Crippen LogP contribution in [-0.2, 0) is 15.0 Å².